The van der Waals surface area contributed by atoms with Crippen LogP contribution in [0.1, 0.15) is 13.8 Å². The van der Waals surface area contributed by atoms with E-state index in [1.54, 1.807) is 36.4 Å². The van der Waals surface area contributed by atoms with E-state index in [2.05, 4.69) is 11.8 Å². The van der Waals surface area contributed by atoms with E-state index >= 15 is 0 Å². The monoisotopic (exact) mass is 394 g/mol. The first kappa shape index (κ1) is 20.1. The molecule has 2 aromatic carbocycles. The molecule has 0 aromatic heterocycles. The van der Waals surface area contributed by atoms with Crippen LogP contribution < -0.4 is 0 Å². The van der Waals surface area contributed by atoms with Crippen molar-refractivity contribution in [2.45, 2.75) is 35.8 Å². The zero-order valence-corrected chi connectivity index (χ0v) is 15.8. The van der Waals surface area contributed by atoms with Gasteiger partial charge in [-0.1, -0.05) is 48.2 Å². The summed E-state index contributed by atoms with van der Waals surface area (Å²) in [5.41, 5.74) is 0. The van der Waals surface area contributed by atoms with E-state index in [0.29, 0.717) is 0 Å². The van der Waals surface area contributed by atoms with Crippen LogP contribution in [-0.4, -0.2) is 29.0 Å². The highest BCUT2D eigenvalue weighted by Gasteiger charge is 2.19. The van der Waals surface area contributed by atoms with Crippen molar-refractivity contribution in [3.05, 3.63) is 60.7 Å². The number of hydrogen-bond acceptors (Lipinski definition) is 6. The molecule has 0 aliphatic heterocycles. The normalized spacial score (nSPS) is 14.1. The predicted octanol–water partition coefficient (Wildman–Crippen LogP) is 2.58. The van der Waals surface area contributed by atoms with E-state index in [4.69, 9.17) is 8.37 Å². The summed E-state index contributed by atoms with van der Waals surface area (Å²) < 4.78 is 58.3. The summed E-state index contributed by atoms with van der Waals surface area (Å²) >= 11 is 0. The summed E-state index contributed by atoms with van der Waals surface area (Å²) in [6.45, 7) is 2.90. The highest BCUT2D eigenvalue weighted by molar-refractivity contribution is 7.87. The van der Waals surface area contributed by atoms with Gasteiger partial charge in [0.2, 0.25) is 0 Å². The Morgan fingerprint density at radius 1 is 0.654 bits per heavy atom. The second-order valence-corrected chi connectivity index (χ2v) is 8.44. The zero-order chi connectivity index (χ0) is 19.2. The van der Waals surface area contributed by atoms with Crippen molar-refractivity contribution < 1.29 is 25.2 Å². The fourth-order valence-electron chi connectivity index (χ4n) is 1.95. The Bertz CT molecular complexity index is 906. The van der Waals surface area contributed by atoms with Crippen molar-refractivity contribution in [1.82, 2.24) is 0 Å². The molecule has 0 aliphatic carbocycles. The van der Waals surface area contributed by atoms with Gasteiger partial charge in [0.15, 0.2) is 0 Å². The minimum atomic E-state index is -3.95. The van der Waals surface area contributed by atoms with Gasteiger partial charge in [0, 0.05) is 0 Å². The Balaban J connectivity index is 2.02. The van der Waals surface area contributed by atoms with Crippen LogP contribution in [0.3, 0.4) is 0 Å². The Kier molecular flexibility index (Phi) is 6.56. The molecule has 0 saturated carbocycles. The van der Waals surface area contributed by atoms with Crippen molar-refractivity contribution in [1.29, 1.82) is 0 Å². The van der Waals surface area contributed by atoms with E-state index in [-0.39, 0.29) is 9.79 Å². The highest BCUT2D eigenvalue weighted by atomic mass is 32.2. The van der Waals surface area contributed by atoms with Gasteiger partial charge >= 0.3 is 0 Å². The lowest BCUT2D eigenvalue weighted by atomic mass is 10.3. The Morgan fingerprint density at radius 3 is 1.27 bits per heavy atom. The lowest BCUT2D eigenvalue weighted by Crippen LogP contribution is -2.16. The maximum atomic E-state index is 12.1. The number of rotatable bonds is 6. The third-order valence-electron chi connectivity index (χ3n) is 3.10. The number of hydrogen-bond donors (Lipinski definition) is 0. The predicted molar refractivity (Wildman–Crippen MR) is 96.1 cm³/mol. The minimum absolute atomic E-state index is 0.0182. The minimum Gasteiger partial charge on any atom is -0.250 e. The fraction of sp³-hybridized carbons (Fsp3) is 0.222. The van der Waals surface area contributed by atoms with E-state index < -0.39 is 32.4 Å². The van der Waals surface area contributed by atoms with Crippen LogP contribution in [0.2, 0.25) is 0 Å². The van der Waals surface area contributed by atoms with Crippen molar-refractivity contribution in [3.63, 3.8) is 0 Å². The maximum Gasteiger partial charge on any atom is 0.298 e. The summed E-state index contributed by atoms with van der Waals surface area (Å²) in [4.78, 5) is 0.0363. The molecule has 6 nitrogen and oxygen atoms in total. The summed E-state index contributed by atoms with van der Waals surface area (Å²) in [7, 11) is -7.89. The molecule has 8 heteroatoms. The lowest BCUT2D eigenvalue weighted by molar-refractivity contribution is 0.273. The molecule has 0 aliphatic rings. The highest BCUT2D eigenvalue weighted by Crippen LogP contribution is 2.14. The molecule has 0 bridgehead atoms. The summed E-state index contributed by atoms with van der Waals surface area (Å²) in [5.74, 6) is 5.08. The quantitative estimate of drug-likeness (QED) is 0.553. The van der Waals surface area contributed by atoms with Gasteiger partial charge in [-0.2, -0.15) is 16.8 Å². The summed E-state index contributed by atoms with van der Waals surface area (Å²) in [6.07, 6.45) is -1.93. The first-order valence-electron chi connectivity index (χ1n) is 7.68. The van der Waals surface area contributed by atoms with Crippen molar-refractivity contribution >= 4 is 20.2 Å². The third-order valence-corrected chi connectivity index (χ3v) is 5.88. The molecule has 2 rings (SSSR count). The number of benzene rings is 2. The van der Waals surface area contributed by atoms with Crippen molar-refractivity contribution in [2.24, 2.45) is 0 Å². The Morgan fingerprint density at radius 2 is 0.962 bits per heavy atom. The fourth-order valence-corrected chi connectivity index (χ4v) is 4.01. The van der Waals surface area contributed by atoms with Crippen LogP contribution in [0.25, 0.3) is 0 Å². The standard InChI is InChI=1S/C18H18O6S2/c1-15(23-25(19,20)17-9-5-3-6-10-17)13-14-16(2)24-26(21,22)18-11-7-4-8-12-18/h3-12,15-16H,1-2H3. The van der Waals surface area contributed by atoms with Crippen molar-refractivity contribution in [3.8, 4) is 11.8 Å². The molecule has 138 valence electrons. The molecular formula is C18H18O6S2. The van der Waals surface area contributed by atoms with Gasteiger partial charge in [-0.15, -0.1) is 0 Å². The topological polar surface area (TPSA) is 86.7 Å². The third kappa shape index (κ3) is 5.68. The van der Waals surface area contributed by atoms with Crippen molar-refractivity contribution in [2.75, 3.05) is 0 Å². The molecule has 0 radical (unpaired) electrons. The molecule has 0 fully saturated rings. The van der Waals surface area contributed by atoms with Crippen LogP contribution in [0.5, 0.6) is 0 Å². The van der Waals surface area contributed by atoms with Gasteiger partial charge in [0.1, 0.15) is 12.2 Å². The molecule has 0 saturated heterocycles. The molecular weight excluding hydrogens is 376 g/mol. The first-order valence-corrected chi connectivity index (χ1v) is 10.5. The zero-order valence-electron chi connectivity index (χ0n) is 14.2. The van der Waals surface area contributed by atoms with Gasteiger partial charge in [-0.3, -0.25) is 8.37 Å². The van der Waals surface area contributed by atoms with E-state index in [1.807, 2.05) is 0 Å². The Labute approximate surface area is 154 Å². The molecule has 26 heavy (non-hydrogen) atoms. The second-order valence-electron chi connectivity index (χ2n) is 5.30. The van der Waals surface area contributed by atoms with Gasteiger partial charge in [-0.25, -0.2) is 0 Å². The smallest absolute Gasteiger partial charge is 0.250 e. The lowest BCUT2D eigenvalue weighted by Gasteiger charge is -2.09. The van der Waals surface area contributed by atoms with Gasteiger partial charge in [-0.05, 0) is 38.1 Å². The van der Waals surface area contributed by atoms with Gasteiger partial charge < -0.3 is 0 Å². The SMILES string of the molecule is CC(C#CC(C)OS(=O)(=O)c1ccccc1)OS(=O)(=O)c1ccccc1. The van der Waals surface area contributed by atoms with Crippen LogP contribution in [-0.2, 0) is 28.6 Å². The molecule has 0 amide bonds. The Hall–Kier alpha value is -2.18. The molecule has 0 heterocycles. The molecule has 2 aromatic rings. The molecule has 0 spiro atoms. The molecule has 2 unspecified atom stereocenters. The van der Waals surface area contributed by atoms with E-state index in [0.717, 1.165) is 0 Å². The van der Waals surface area contributed by atoms with Crippen LogP contribution in [0, 0.1) is 11.8 Å². The maximum absolute atomic E-state index is 12.1. The van der Waals surface area contributed by atoms with Gasteiger partial charge in [0.05, 0.1) is 9.79 Å². The summed E-state index contributed by atoms with van der Waals surface area (Å²) in [5, 5.41) is 0. The van der Waals surface area contributed by atoms with Crippen LogP contribution in [0.4, 0.5) is 0 Å². The first-order chi connectivity index (χ1) is 12.2. The van der Waals surface area contributed by atoms with Crippen LogP contribution in [0.15, 0.2) is 70.5 Å². The molecule has 0 N–H and O–H groups in total. The summed E-state index contributed by atoms with van der Waals surface area (Å²) in [6, 6.07) is 15.3. The second kappa shape index (κ2) is 8.47. The average Bonchev–Trinajstić information content (AvgIpc) is 2.61. The van der Waals surface area contributed by atoms with E-state index in [9.17, 15) is 16.8 Å². The van der Waals surface area contributed by atoms with E-state index in [1.165, 1.54) is 38.1 Å². The van der Waals surface area contributed by atoms with Crippen LogP contribution >= 0.6 is 0 Å². The van der Waals surface area contributed by atoms with Gasteiger partial charge in [0.25, 0.3) is 20.2 Å². The molecule has 2 atom stereocenters. The average molecular weight is 394 g/mol. The largest absolute Gasteiger partial charge is 0.298 e.